The molecule has 1 aliphatic carbocycles. The van der Waals surface area contributed by atoms with Crippen molar-refractivity contribution < 1.29 is 22.7 Å². The van der Waals surface area contributed by atoms with Gasteiger partial charge in [-0.15, -0.1) is 0 Å². The highest BCUT2D eigenvalue weighted by molar-refractivity contribution is 5.76. The van der Waals surface area contributed by atoms with Gasteiger partial charge >= 0.3 is 12.1 Å². The van der Waals surface area contributed by atoms with Crippen molar-refractivity contribution in [1.82, 2.24) is 0 Å². The van der Waals surface area contributed by atoms with E-state index in [0.29, 0.717) is 32.1 Å². The van der Waals surface area contributed by atoms with Crippen LogP contribution in [0, 0.1) is 5.41 Å². The van der Waals surface area contributed by atoms with Gasteiger partial charge in [0.2, 0.25) is 0 Å². The average Bonchev–Trinajstić information content (AvgIpc) is 2.63. The van der Waals surface area contributed by atoms with Gasteiger partial charge in [0.1, 0.15) is 5.60 Å². The Bertz CT molecular complexity index is 302. The Morgan fingerprint density at radius 2 is 1.72 bits per heavy atom. The Hall–Kier alpha value is -0.740. The predicted molar refractivity (Wildman–Crippen MR) is 62.0 cm³/mol. The Balaban J connectivity index is 2.78. The van der Waals surface area contributed by atoms with Gasteiger partial charge in [0.25, 0.3) is 0 Å². The predicted octanol–water partition coefficient (Wildman–Crippen LogP) is 4.23. The monoisotopic (exact) mass is 266 g/mol. The van der Waals surface area contributed by atoms with Crippen molar-refractivity contribution in [3.05, 3.63) is 0 Å². The van der Waals surface area contributed by atoms with Crippen LogP contribution >= 0.6 is 0 Å². The van der Waals surface area contributed by atoms with Crippen LogP contribution in [0.2, 0.25) is 0 Å². The largest absolute Gasteiger partial charge is 0.458 e. The number of hydrogen-bond acceptors (Lipinski definition) is 2. The zero-order valence-corrected chi connectivity index (χ0v) is 11.2. The van der Waals surface area contributed by atoms with Crippen molar-refractivity contribution >= 4 is 5.97 Å². The molecule has 0 atom stereocenters. The summed E-state index contributed by atoms with van der Waals surface area (Å²) in [7, 11) is 0. The summed E-state index contributed by atoms with van der Waals surface area (Å²) in [6.45, 7) is 5.23. The first kappa shape index (κ1) is 15.3. The first-order valence-corrected chi connectivity index (χ1v) is 6.40. The molecule has 1 rings (SSSR count). The van der Waals surface area contributed by atoms with Gasteiger partial charge in [-0.2, -0.15) is 13.2 Å². The molecule has 1 fully saturated rings. The number of carbonyl (C=O) groups excluding carboxylic acids is 1. The van der Waals surface area contributed by atoms with Gasteiger partial charge in [0.15, 0.2) is 0 Å². The van der Waals surface area contributed by atoms with Crippen LogP contribution in [-0.2, 0) is 9.53 Å². The fourth-order valence-corrected chi connectivity index (χ4v) is 2.18. The summed E-state index contributed by atoms with van der Waals surface area (Å²) in [5, 5.41) is 0. The van der Waals surface area contributed by atoms with Crippen molar-refractivity contribution in [2.24, 2.45) is 5.41 Å². The van der Waals surface area contributed by atoms with Gasteiger partial charge in [-0.25, -0.2) is 0 Å². The summed E-state index contributed by atoms with van der Waals surface area (Å²) in [4.78, 5) is 12.0. The van der Waals surface area contributed by atoms with E-state index in [1.165, 1.54) is 0 Å². The number of carbonyl (C=O) groups is 1. The number of rotatable bonds is 4. The van der Waals surface area contributed by atoms with E-state index in [9.17, 15) is 18.0 Å². The highest BCUT2D eigenvalue weighted by Crippen LogP contribution is 2.43. The molecule has 0 unspecified atom stereocenters. The molecule has 0 N–H and O–H groups in total. The summed E-state index contributed by atoms with van der Waals surface area (Å²) in [5.41, 5.74) is -2.04. The lowest BCUT2D eigenvalue weighted by atomic mass is 9.89. The number of alkyl halides is 3. The van der Waals surface area contributed by atoms with Crippen molar-refractivity contribution in [2.45, 2.75) is 71.1 Å². The highest BCUT2D eigenvalue weighted by atomic mass is 19.4. The van der Waals surface area contributed by atoms with Crippen LogP contribution in [0.25, 0.3) is 0 Å². The molecule has 0 aromatic heterocycles. The lowest BCUT2D eigenvalue weighted by Crippen LogP contribution is -2.41. The summed E-state index contributed by atoms with van der Waals surface area (Å²) in [6.07, 6.45) is -2.75. The minimum absolute atomic E-state index is 0.318. The second kappa shape index (κ2) is 5.10. The van der Waals surface area contributed by atoms with Crippen molar-refractivity contribution in [2.75, 3.05) is 0 Å². The van der Waals surface area contributed by atoms with E-state index in [4.69, 9.17) is 4.74 Å². The highest BCUT2D eigenvalue weighted by Gasteiger charge is 2.48. The van der Waals surface area contributed by atoms with Crippen LogP contribution in [0.15, 0.2) is 0 Å². The average molecular weight is 266 g/mol. The lowest BCUT2D eigenvalue weighted by Gasteiger charge is -2.33. The third-order valence-corrected chi connectivity index (χ3v) is 3.78. The quantitative estimate of drug-likeness (QED) is 0.712. The molecule has 0 spiro atoms. The Morgan fingerprint density at radius 3 is 2.11 bits per heavy atom. The third-order valence-electron chi connectivity index (χ3n) is 3.78. The van der Waals surface area contributed by atoms with Crippen molar-refractivity contribution in [3.8, 4) is 0 Å². The molecular weight excluding hydrogens is 245 g/mol. The smallest absolute Gasteiger partial charge is 0.392 e. The zero-order valence-electron chi connectivity index (χ0n) is 11.2. The first-order valence-electron chi connectivity index (χ1n) is 6.40. The first-order chi connectivity index (χ1) is 8.10. The number of ether oxygens (including phenoxy) is 1. The maximum absolute atomic E-state index is 12.6. The van der Waals surface area contributed by atoms with Gasteiger partial charge in [-0.05, 0) is 46.0 Å². The topological polar surface area (TPSA) is 26.3 Å². The Morgan fingerprint density at radius 1 is 1.22 bits per heavy atom. The molecule has 0 amide bonds. The van der Waals surface area contributed by atoms with E-state index in [0.717, 1.165) is 0 Å². The van der Waals surface area contributed by atoms with Crippen LogP contribution in [0.4, 0.5) is 13.2 Å². The molecule has 106 valence electrons. The fraction of sp³-hybridized carbons (Fsp3) is 0.923. The Kier molecular flexibility index (Phi) is 4.34. The summed E-state index contributed by atoms with van der Waals surface area (Å²) in [5.74, 6) is -0.517. The molecular formula is C13H21F3O2. The molecule has 1 aliphatic rings. The van der Waals surface area contributed by atoms with Gasteiger partial charge < -0.3 is 4.74 Å². The number of halogens is 3. The second-order valence-corrected chi connectivity index (χ2v) is 5.81. The number of hydrogen-bond donors (Lipinski definition) is 0. The zero-order chi connectivity index (χ0) is 14.0. The van der Waals surface area contributed by atoms with Gasteiger partial charge in [0, 0.05) is 0 Å². The summed E-state index contributed by atoms with van der Waals surface area (Å²) >= 11 is 0. The van der Waals surface area contributed by atoms with Crippen LogP contribution in [0.5, 0.6) is 0 Å². The van der Waals surface area contributed by atoms with Gasteiger partial charge in [-0.3, -0.25) is 4.79 Å². The molecule has 5 heteroatoms. The van der Waals surface area contributed by atoms with Crippen molar-refractivity contribution in [1.29, 1.82) is 0 Å². The maximum Gasteiger partial charge on any atom is 0.392 e. The molecule has 0 aromatic carbocycles. The van der Waals surface area contributed by atoms with E-state index in [1.54, 1.807) is 13.8 Å². The molecule has 0 bridgehead atoms. The van der Waals surface area contributed by atoms with Crippen LogP contribution in [0.3, 0.4) is 0 Å². The molecule has 2 nitrogen and oxygen atoms in total. The molecule has 0 radical (unpaired) electrons. The van der Waals surface area contributed by atoms with Gasteiger partial charge in [0.05, 0.1) is 11.8 Å². The standard InChI is InChI=1S/C13H21F3O2/c1-4-11(2,3)10(17)18-12(7-5-6-8-12)9-13(14,15)16/h4-9H2,1-3H3. The molecule has 1 saturated carbocycles. The van der Waals surface area contributed by atoms with E-state index < -0.39 is 29.6 Å². The van der Waals surface area contributed by atoms with E-state index in [-0.39, 0.29) is 0 Å². The van der Waals surface area contributed by atoms with E-state index in [2.05, 4.69) is 0 Å². The molecule has 18 heavy (non-hydrogen) atoms. The van der Waals surface area contributed by atoms with E-state index >= 15 is 0 Å². The van der Waals surface area contributed by atoms with Crippen LogP contribution in [-0.4, -0.2) is 17.7 Å². The molecule has 0 saturated heterocycles. The third kappa shape index (κ3) is 3.89. The minimum Gasteiger partial charge on any atom is -0.458 e. The molecule has 0 aliphatic heterocycles. The normalized spacial score (nSPS) is 19.9. The van der Waals surface area contributed by atoms with Gasteiger partial charge in [-0.1, -0.05) is 6.92 Å². The SMILES string of the molecule is CCC(C)(C)C(=O)OC1(CC(F)(F)F)CCCC1. The van der Waals surface area contributed by atoms with Crippen LogP contribution < -0.4 is 0 Å². The second-order valence-electron chi connectivity index (χ2n) is 5.81. The Labute approximate surface area is 106 Å². The molecule has 0 aromatic rings. The number of esters is 1. The summed E-state index contributed by atoms with van der Waals surface area (Å²) in [6, 6.07) is 0. The lowest BCUT2D eigenvalue weighted by molar-refractivity contribution is -0.200. The van der Waals surface area contributed by atoms with Crippen molar-refractivity contribution in [3.63, 3.8) is 0 Å². The molecule has 0 heterocycles. The minimum atomic E-state index is -4.29. The van der Waals surface area contributed by atoms with Crippen LogP contribution in [0.1, 0.15) is 59.3 Å². The summed E-state index contributed by atoms with van der Waals surface area (Å²) < 4.78 is 43.0. The van der Waals surface area contributed by atoms with E-state index in [1.807, 2.05) is 6.92 Å². The fourth-order valence-electron chi connectivity index (χ4n) is 2.18. The maximum atomic E-state index is 12.6.